The number of aliphatic hydroxyl groups excluding tert-OH is 1. The lowest BCUT2D eigenvalue weighted by atomic mass is 9.64. The molecule has 3 rings (SSSR count). The summed E-state index contributed by atoms with van der Waals surface area (Å²) in [5, 5.41) is 19.0. The first-order chi connectivity index (χ1) is 11.5. The Morgan fingerprint density at radius 3 is 2.92 bits per heavy atom. The number of hydrogen-bond acceptors (Lipinski definition) is 3. The number of halogens is 1. The highest BCUT2D eigenvalue weighted by molar-refractivity contribution is 6.30. The fraction of sp³-hybridized carbons (Fsp3) is 0.529. The molecule has 1 aliphatic carbocycles. The maximum atomic E-state index is 11.9. The zero-order chi connectivity index (χ0) is 17.2. The monoisotopic (exact) mass is 351 g/mol. The summed E-state index contributed by atoms with van der Waals surface area (Å²) in [5.41, 5.74) is 0.662. The van der Waals surface area contributed by atoms with Gasteiger partial charge in [0.25, 0.3) is 0 Å². The average Bonchev–Trinajstić information content (AvgIpc) is 2.87. The van der Waals surface area contributed by atoms with Crippen LogP contribution in [0.15, 0.2) is 24.3 Å². The molecule has 3 amide bonds. The van der Waals surface area contributed by atoms with Crippen LogP contribution < -0.4 is 16.0 Å². The molecule has 6 nitrogen and oxygen atoms in total. The SMILES string of the molecule is O=C(NCC(O)Cc1cccc(Cl)c1)NC1CC2(CCNC2=O)C1. The summed E-state index contributed by atoms with van der Waals surface area (Å²) in [6.07, 6.45) is 1.98. The summed E-state index contributed by atoms with van der Waals surface area (Å²) >= 11 is 5.91. The number of rotatable bonds is 5. The minimum atomic E-state index is -0.678. The van der Waals surface area contributed by atoms with Crippen LogP contribution in [0.4, 0.5) is 4.79 Å². The van der Waals surface area contributed by atoms with Gasteiger partial charge in [-0.3, -0.25) is 4.79 Å². The summed E-state index contributed by atoms with van der Waals surface area (Å²) < 4.78 is 0. The highest BCUT2D eigenvalue weighted by atomic mass is 35.5. The van der Waals surface area contributed by atoms with E-state index in [0.717, 1.165) is 18.5 Å². The van der Waals surface area contributed by atoms with E-state index in [4.69, 9.17) is 11.6 Å². The zero-order valence-corrected chi connectivity index (χ0v) is 14.1. The Morgan fingerprint density at radius 1 is 1.46 bits per heavy atom. The van der Waals surface area contributed by atoms with Gasteiger partial charge in [-0.05, 0) is 37.0 Å². The normalized spacial score (nSPS) is 26.6. The highest BCUT2D eigenvalue weighted by Crippen LogP contribution is 2.46. The van der Waals surface area contributed by atoms with Gasteiger partial charge in [0.1, 0.15) is 0 Å². The predicted molar refractivity (Wildman–Crippen MR) is 90.8 cm³/mol. The standard InChI is InChI=1S/C17H22ClN3O3/c18-12-3-1-2-11(6-12)7-14(22)10-20-16(24)21-13-8-17(9-13)4-5-19-15(17)23/h1-3,6,13-14,22H,4-5,7-10H2,(H,19,23)(H2,20,21,24). The van der Waals surface area contributed by atoms with Crippen molar-refractivity contribution in [3.63, 3.8) is 0 Å². The molecule has 1 unspecified atom stereocenters. The van der Waals surface area contributed by atoms with Crippen LogP contribution in [0.2, 0.25) is 5.02 Å². The van der Waals surface area contributed by atoms with Gasteiger partial charge in [0.05, 0.1) is 11.5 Å². The Morgan fingerprint density at radius 2 is 2.25 bits per heavy atom. The van der Waals surface area contributed by atoms with Crippen LogP contribution in [0.1, 0.15) is 24.8 Å². The van der Waals surface area contributed by atoms with Crippen LogP contribution in [0.3, 0.4) is 0 Å². The Balaban J connectivity index is 1.36. The van der Waals surface area contributed by atoms with Gasteiger partial charge in [-0.2, -0.15) is 0 Å². The lowest BCUT2D eigenvalue weighted by molar-refractivity contribution is -0.132. The molecule has 1 heterocycles. The molecule has 7 heteroatoms. The summed E-state index contributed by atoms with van der Waals surface area (Å²) in [7, 11) is 0. The molecular weight excluding hydrogens is 330 g/mol. The third-order valence-electron chi connectivity index (χ3n) is 4.84. The number of carbonyl (C=O) groups excluding carboxylic acids is 2. The van der Waals surface area contributed by atoms with Gasteiger partial charge in [0.2, 0.25) is 5.91 Å². The Hall–Kier alpha value is -1.79. The Kier molecular flexibility index (Phi) is 4.96. The zero-order valence-electron chi connectivity index (χ0n) is 13.3. The second-order valence-corrected chi connectivity index (χ2v) is 7.17. The molecule has 1 saturated heterocycles. The molecule has 1 aliphatic heterocycles. The van der Waals surface area contributed by atoms with E-state index in [1.807, 2.05) is 12.1 Å². The topological polar surface area (TPSA) is 90.5 Å². The second kappa shape index (κ2) is 6.99. The summed E-state index contributed by atoms with van der Waals surface area (Å²) in [6.45, 7) is 0.893. The van der Waals surface area contributed by atoms with Crippen molar-refractivity contribution in [3.05, 3.63) is 34.9 Å². The molecular formula is C17H22ClN3O3. The largest absolute Gasteiger partial charge is 0.391 e. The number of aliphatic hydroxyl groups is 1. The average molecular weight is 352 g/mol. The smallest absolute Gasteiger partial charge is 0.315 e. The van der Waals surface area contributed by atoms with Gasteiger partial charge in [-0.1, -0.05) is 23.7 Å². The third-order valence-corrected chi connectivity index (χ3v) is 5.07. The van der Waals surface area contributed by atoms with Gasteiger partial charge in [0.15, 0.2) is 0 Å². The van der Waals surface area contributed by atoms with Crippen molar-refractivity contribution >= 4 is 23.5 Å². The van der Waals surface area contributed by atoms with Gasteiger partial charge < -0.3 is 21.1 Å². The minimum Gasteiger partial charge on any atom is -0.391 e. The van der Waals surface area contributed by atoms with E-state index in [2.05, 4.69) is 16.0 Å². The maximum Gasteiger partial charge on any atom is 0.315 e. The lowest BCUT2D eigenvalue weighted by Gasteiger charge is -2.43. The molecule has 4 N–H and O–H groups in total. The number of carbonyl (C=O) groups is 2. The third kappa shape index (κ3) is 3.82. The van der Waals surface area contributed by atoms with Crippen molar-refractivity contribution in [3.8, 4) is 0 Å². The van der Waals surface area contributed by atoms with E-state index in [1.54, 1.807) is 12.1 Å². The molecule has 1 aromatic rings. The van der Waals surface area contributed by atoms with Crippen LogP contribution in [-0.2, 0) is 11.2 Å². The summed E-state index contributed by atoms with van der Waals surface area (Å²) in [5.74, 6) is 0.109. The second-order valence-electron chi connectivity index (χ2n) is 6.73. The summed E-state index contributed by atoms with van der Waals surface area (Å²) in [4.78, 5) is 23.6. The van der Waals surface area contributed by atoms with Gasteiger partial charge in [0, 0.05) is 30.6 Å². The number of benzene rings is 1. The highest BCUT2D eigenvalue weighted by Gasteiger charge is 2.52. The van der Waals surface area contributed by atoms with Crippen LogP contribution in [0.25, 0.3) is 0 Å². The molecule has 1 atom stereocenters. The molecule has 2 aliphatic rings. The molecule has 130 valence electrons. The number of hydrogen-bond donors (Lipinski definition) is 4. The lowest BCUT2D eigenvalue weighted by Crippen LogP contribution is -2.56. The van der Waals surface area contributed by atoms with Crippen LogP contribution in [0.5, 0.6) is 0 Å². The number of urea groups is 1. The maximum absolute atomic E-state index is 11.9. The van der Waals surface area contributed by atoms with Crippen LogP contribution in [0, 0.1) is 5.41 Å². The fourth-order valence-electron chi connectivity index (χ4n) is 3.55. The predicted octanol–water partition coefficient (Wildman–Crippen LogP) is 1.21. The molecule has 1 spiro atoms. The van der Waals surface area contributed by atoms with Gasteiger partial charge >= 0.3 is 6.03 Å². The van der Waals surface area contributed by atoms with E-state index in [0.29, 0.717) is 24.3 Å². The van der Waals surface area contributed by atoms with Crippen molar-refractivity contribution in [2.45, 2.75) is 37.8 Å². The van der Waals surface area contributed by atoms with Gasteiger partial charge in [-0.25, -0.2) is 4.79 Å². The molecule has 1 aromatic carbocycles. The number of nitrogens with one attached hydrogen (secondary N) is 3. The summed E-state index contributed by atoms with van der Waals surface area (Å²) in [6, 6.07) is 7.01. The molecule has 24 heavy (non-hydrogen) atoms. The van der Waals surface area contributed by atoms with E-state index >= 15 is 0 Å². The van der Waals surface area contributed by atoms with E-state index in [9.17, 15) is 14.7 Å². The molecule has 2 fully saturated rings. The Bertz CT molecular complexity index is 631. The first-order valence-corrected chi connectivity index (χ1v) is 8.60. The molecule has 0 aromatic heterocycles. The first kappa shape index (κ1) is 17.0. The van der Waals surface area contributed by atoms with Crippen molar-refractivity contribution in [1.29, 1.82) is 0 Å². The van der Waals surface area contributed by atoms with Crippen molar-refractivity contribution < 1.29 is 14.7 Å². The quantitative estimate of drug-likeness (QED) is 0.642. The molecule has 1 saturated carbocycles. The van der Waals surface area contributed by atoms with Crippen molar-refractivity contribution in [2.24, 2.45) is 5.41 Å². The van der Waals surface area contributed by atoms with E-state index in [1.165, 1.54) is 0 Å². The van der Waals surface area contributed by atoms with E-state index < -0.39 is 6.10 Å². The molecule has 0 radical (unpaired) electrons. The molecule has 0 bridgehead atoms. The van der Waals surface area contributed by atoms with Crippen molar-refractivity contribution in [2.75, 3.05) is 13.1 Å². The minimum absolute atomic E-state index is 0.0268. The van der Waals surface area contributed by atoms with Gasteiger partial charge in [-0.15, -0.1) is 0 Å². The van der Waals surface area contributed by atoms with Crippen LogP contribution >= 0.6 is 11.6 Å². The first-order valence-electron chi connectivity index (χ1n) is 8.22. The van der Waals surface area contributed by atoms with E-state index in [-0.39, 0.29) is 29.9 Å². The van der Waals surface area contributed by atoms with Crippen molar-refractivity contribution in [1.82, 2.24) is 16.0 Å². The Labute approximate surface area is 146 Å². The number of amides is 3. The van der Waals surface area contributed by atoms with Crippen LogP contribution in [-0.4, -0.2) is 42.3 Å². The fourth-order valence-corrected chi connectivity index (χ4v) is 3.76.